The molecule has 1 aliphatic carbocycles. The molecule has 0 aromatic heterocycles. The lowest BCUT2D eigenvalue weighted by atomic mass is 9.55. The molecule has 1 unspecified atom stereocenters. The van der Waals surface area contributed by atoms with Gasteiger partial charge in [0.05, 0.1) is 0 Å². The fourth-order valence-electron chi connectivity index (χ4n) is 3.98. The van der Waals surface area contributed by atoms with Crippen LogP contribution < -0.4 is 0 Å². The number of aliphatic carboxylic acids is 1. The fourth-order valence-corrected chi connectivity index (χ4v) is 3.98. The lowest BCUT2D eigenvalue weighted by Gasteiger charge is -2.46. The number of carbonyl (C=O) groups is 1. The Labute approximate surface area is 120 Å². The van der Waals surface area contributed by atoms with Crippen LogP contribution in [0.2, 0.25) is 0 Å². The van der Waals surface area contributed by atoms with Gasteiger partial charge < -0.3 is 10.2 Å². The second-order valence-corrected chi connectivity index (χ2v) is 6.89. The van der Waals surface area contributed by atoms with Crippen LogP contribution in [0.25, 0.3) is 0 Å². The zero-order valence-corrected chi connectivity index (χ0v) is 12.5. The minimum atomic E-state index is -0.892. The summed E-state index contributed by atoms with van der Waals surface area (Å²) in [5.41, 5.74) is -0.468. The Morgan fingerprint density at radius 3 is 2.00 bits per heavy atom. The lowest BCUT2D eigenvalue weighted by Crippen LogP contribution is -2.52. The monoisotopic (exact) mass is 276 g/mol. The Balaban J connectivity index is 2.63. The van der Waals surface area contributed by atoms with E-state index in [2.05, 4.69) is 0 Å². The molecule has 1 aromatic carbocycles. The van der Waals surface area contributed by atoms with Gasteiger partial charge in [-0.3, -0.25) is 4.79 Å². The van der Waals surface area contributed by atoms with Crippen LogP contribution in [0.15, 0.2) is 24.3 Å². The Kier molecular flexibility index (Phi) is 3.81. The molecular weight excluding hydrogens is 252 g/mol. The van der Waals surface area contributed by atoms with Gasteiger partial charge in [-0.05, 0) is 41.9 Å². The van der Waals surface area contributed by atoms with Crippen molar-refractivity contribution in [3.05, 3.63) is 29.8 Å². The molecule has 1 atom stereocenters. The number of benzene rings is 1. The maximum atomic E-state index is 12.3. The molecule has 1 saturated carbocycles. The fraction of sp³-hybridized carbons (Fsp3) is 0.588. The van der Waals surface area contributed by atoms with Gasteiger partial charge in [-0.1, -0.05) is 45.7 Å². The number of phenols is 1. The van der Waals surface area contributed by atoms with Crippen LogP contribution in [0, 0.1) is 11.3 Å². The van der Waals surface area contributed by atoms with Crippen LogP contribution in [-0.2, 0) is 10.2 Å². The second kappa shape index (κ2) is 5.12. The van der Waals surface area contributed by atoms with E-state index in [1.54, 1.807) is 24.3 Å². The zero-order chi connectivity index (χ0) is 15.0. The highest BCUT2D eigenvalue weighted by Crippen LogP contribution is 2.52. The first-order chi connectivity index (χ1) is 9.30. The van der Waals surface area contributed by atoms with Crippen molar-refractivity contribution in [3.8, 4) is 5.75 Å². The maximum absolute atomic E-state index is 12.3. The number of phenolic OH excluding ortho intramolecular Hbond substituents is 1. The summed E-state index contributed by atoms with van der Waals surface area (Å²) in [5.74, 6) is -0.416. The van der Waals surface area contributed by atoms with E-state index in [0.717, 1.165) is 31.2 Å². The van der Waals surface area contributed by atoms with E-state index in [4.69, 9.17) is 0 Å². The summed E-state index contributed by atoms with van der Waals surface area (Å²) in [6, 6.07) is 6.72. The van der Waals surface area contributed by atoms with Crippen LogP contribution in [0.1, 0.15) is 52.0 Å². The Bertz CT molecular complexity index is 478. The molecule has 1 aromatic rings. The normalized spacial score (nSPS) is 19.8. The van der Waals surface area contributed by atoms with Crippen molar-refractivity contribution in [1.29, 1.82) is 0 Å². The highest BCUT2D eigenvalue weighted by atomic mass is 16.4. The summed E-state index contributed by atoms with van der Waals surface area (Å²) in [6.07, 6.45) is 4.14. The SMILES string of the molecule is CC(C)(C)C(C(=O)O)(c1ccc(O)cc1)C1CCCC1. The number of rotatable bonds is 3. The average Bonchev–Trinajstić information content (AvgIpc) is 2.84. The van der Waals surface area contributed by atoms with Crippen molar-refractivity contribution in [2.24, 2.45) is 11.3 Å². The number of carboxylic acids is 1. The molecule has 0 radical (unpaired) electrons. The molecule has 2 rings (SSSR count). The first kappa shape index (κ1) is 14.9. The van der Waals surface area contributed by atoms with E-state index < -0.39 is 11.4 Å². The summed E-state index contributed by atoms with van der Waals surface area (Å²) in [6.45, 7) is 6.02. The molecule has 0 amide bonds. The quantitative estimate of drug-likeness (QED) is 0.878. The summed E-state index contributed by atoms with van der Waals surface area (Å²) >= 11 is 0. The summed E-state index contributed by atoms with van der Waals surface area (Å²) < 4.78 is 0. The van der Waals surface area contributed by atoms with E-state index in [1.807, 2.05) is 20.8 Å². The first-order valence-corrected chi connectivity index (χ1v) is 7.33. The van der Waals surface area contributed by atoms with Crippen LogP contribution in [0.5, 0.6) is 5.75 Å². The number of hydrogen-bond acceptors (Lipinski definition) is 2. The molecule has 110 valence electrons. The second-order valence-electron chi connectivity index (χ2n) is 6.89. The highest BCUT2D eigenvalue weighted by molar-refractivity contribution is 5.83. The maximum Gasteiger partial charge on any atom is 0.314 e. The predicted molar refractivity (Wildman–Crippen MR) is 78.8 cm³/mol. The zero-order valence-electron chi connectivity index (χ0n) is 12.5. The summed E-state index contributed by atoms with van der Waals surface area (Å²) in [5, 5.41) is 19.6. The van der Waals surface area contributed by atoms with Crippen LogP contribution in [0.4, 0.5) is 0 Å². The molecule has 1 fully saturated rings. The molecule has 0 bridgehead atoms. The van der Waals surface area contributed by atoms with E-state index in [-0.39, 0.29) is 17.1 Å². The van der Waals surface area contributed by atoms with Crippen molar-refractivity contribution in [2.75, 3.05) is 0 Å². The molecule has 0 heterocycles. The van der Waals surface area contributed by atoms with Gasteiger partial charge >= 0.3 is 5.97 Å². The van der Waals surface area contributed by atoms with E-state index in [0.29, 0.717) is 0 Å². The van der Waals surface area contributed by atoms with E-state index in [9.17, 15) is 15.0 Å². The van der Waals surface area contributed by atoms with Gasteiger partial charge in [0.2, 0.25) is 0 Å². The number of hydrogen-bond donors (Lipinski definition) is 2. The topological polar surface area (TPSA) is 57.5 Å². The smallest absolute Gasteiger partial charge is 0.314 e. The lowest BCUT2D eigenvalue weighted by molar-refractivity contribution is -0.152. The van der Waals surface area contributed by atoms with Crippen molar-refractivity contribution < 1.29 is 15.0 Å². The molecule has 3 heteroatoms. The van der Waals surface area contributed by atoms with Crippen molar-refractivity contribution in [2.45, 2.75) is 51.9 Å². The summed E-state index contributed by atoms with van der Waals surface area (Å²) in [4.78, 5) is 12.3. The molecule has 2 N–H and O–H groups in total. The van der Waals surface area contributed by atoms with Gasteiger partial charge in [-0.15, -0.1) is 0 Å². The molecule has 3 nitrogen and oxygen atoms in total. The third-order valence-corrected chi connectivity index (χ3v) is 4.81. The Morgan fingerprint density at radius 1 is 1.10 bits per heavy atom. The number of aromatic hydroxyl groups is 1. The predicted octanol–water partition coefficient (Wildman–Crippen LogP) is 3.95. The van der Waals surface area contributed by atoms with Crippen LogP contribution in [0.3, 0.4) is 0 Å². The Morgan fingerprint density at radius 2 is 1.60 bits per heavy atom. The third kappa shape index (κ3) is 2.19. The van der Waals surface area contributed by atoms with Crippen molar-refractivity contribution >= 4 is 5.97 Å². The highest BCUT2D eigenvalue weighted by Gasteiger charge is 2.55. The van der Waals surface area contributed by atoms with Gasteiger partial charge in [0.25, 0.3) is 0 Å². The molecule has 0 saturated heterocycles. The van der Waals surface area contributed by atoms with Gasteiger partial charge in [0, 0.05) is 0 Å². The van der Waals surface area contributed by atoms with Gasteiger partial charge in [-0.2, -0.15) is 0 Å². The van der Waals surface area contributed by atoms with Crippen LogP contribution >= 0.6 is 0 Å². The van der Waals surface area contributed by atoms with Gasteiger partial charge in [0.15, 0.2) is 0 Å². The van der Waals surface area contributed by atoms with E-state index >= 15 is 0 Å². The average molecular weight is 276 g/mol. The minimum Gasteiger partial charge on any atom is -0.508 e. The molecule has 20 heavy (non-hydrogen) atoms. The van der Waals surface area contributed by atoms with Gasteiger partial charge in [0.1, 0.15) is 11.2 Å². The molecular formula is C17H24O3. The third-order valence-electron chi connectivity index (χ3n) is 4.81. The van der Waals surface area contributed by atoms with Crippen molar-refractivity contribution in [3.63, 3.8) is 0 Å². The minimum absolute atomic E-state index is 0.157. The largest absolute Gasteiger partial charge is 0.508 e. The van der Waals surface area contributed by atoms with E-state index in [1.165, 1.54) is 0 Å². The van der Waals surface area contributed by atoms with Crippen molar-refractivity contribution in [1.82, 2.24) is 0 Å². The molecule has 0 aliphatic heterocycles. The number of carboxylic acid groups (broad SMARTS) is 1. The Hall–Kier alpha value is -1.51. The molecule has 1 aliphatic rings. The first-order valence-electron chi connectivity index (χ1n) is 7.33. The summed E-state index contributed by atoms with van der Waals surface area (Å²) in [7, 11) is 0. The standard InChI is InChI=1S/C17H24O3/c1-16(2,3)17(15(19)20,12-6-4-5-7-12)13-8-10-14(18)11-9-13/h8-12,18H,4-7H2,1-3H3,(H,19,20). The molecule has 0 spiro atoms. The van der Waals surface area contributed by atoms with Gasteiger partial charge in [-0.25, -0.2) is 0 Å². The van der Waals surface area contributed by atoms with Crippen LogP contribution in [-0.4, -0.2) is 16.2 Å².